The molecule has 238 valence electrons. The third kappa shape index (κ3) is 3.50. The van der Waals surface area contributed by atoms with Crippen LogP contribution in [0.4, 0.5) is 4.79 Å². The number of thiophene rings is 1. The van der Waals surface area contributed by atoms with Crippen molar-refractivity contribution in [3.8, 4) is 0 Å². The molecule has 2 aromatic carbocycles. The summed E-state index contributed by atoms with van der Waals surface area (Å²) in [6.07, 6.45) is 12.7. The number of hydrogen-bond acceptors (Lipinski definition) is 5. The fraction of sp³-hybridized carbons (Fsp3) is 0.500. The molecule has 1 aromatic heterocycles. The van der Waals surface area contributed by atoms with Crippen molar-refractivity contribution in [1.82, 2.24) is 4.90 Å². The Morgan fingerprint density at radius 1 is 0.957 bits per heavy atom. The highest BCUT2D eigenvalue weighted by atomic mass is 32.1. The van der Waals surface area contributed by atoms with Crippen molar-refractivity contribution in [2.45, 2.75) is 84.0 Å². The Labute approximate surface area is 275 Å². The number of ketones is 1. The molecule has 4 fully saturated rings. The second kappa shape index (κ2) is 9.44. The Bertz CT molecular complexity index is 1870. The molecule has 0 unspecified atom stereocenters. The van der Waals surface area contributed by atoms with Crippen molar-refractivity contribution >= 4 is 34.0 Å². The van der Waals surface area contributed by atoms with Gasteiger partial charge in [0.2, 0.25) is 0 Å². The van der Waals surface area contributed by atoms with Gasteiger partial charge in [0.25, 0.3) is 0 Å². The molecule has 5 nitrogen and oxygen atoms in total. The number of rotatable bonds is 4. The van der Waals surface area contributed by atoms with Gasteiger partial charge in [0, 0.05) is 33.2 Å². The van der Waals surface area contributed by atoms with E-state index in [1.54, 1.807) is 11.3 Å². The van der Waals surface area contributed by atoms with Crippen LogP contribution in [-0.4, -0.2) is 40.1 Å². The maximum Gasteiger partial charge on any atom is 0.410 e. The number of aryl methyl sites for hydroxylation is 1. The lowest BCUT2D eigenvalue weighted by Crippen LogP contribution is -2.67. The molecule has 6 aliphatic carbocycles. The highest BCUT2D eigenvalue weighted by molar-refractivity contribution is 7.14. The van der Waals surface area contributed by atoms with Crippen LogP contribution in [0.3, 0.4) is 0 Å². The lowest BCUT2D eigenvalue weighted by molar-refractivity contribution is -0.164. The number of nitrogens with zero attached hydrogens (tertiary/aromatic N) is 1. The minimum atomic E-state index is -0.587. The SMILES string of the molecule is Cc1ccc(C(=O)C2=C[C@@]34C=C[C@@]25[C@@H]2CC[C@@]6(CN(Cc7cccc8ccccc78)C(=O)O6)[C@@]2(C)CC[C@@H]5[C@@]3(C)CC[C@H](O)C4)s1. The quantitative estimate of drug-likeness (QED) is 0.231. The second-order valence-electron chi connectivity index (χ2n) is 15.9. The first kappa shape index (κ1) is 29.0. The van der Waals surface area contributed by atoms with Crippen LogP contribution in [0, 0.1) is 40.4 Å². The number of allylic oxidation sites excluding steroid dienone is 4. The minimum Gasteiger partial charge on any atom is -0.440 e. The van der Waals surface area contributed by atoms with Gasteiger partial charge >= 0.3 is 6.09 Å². The number of fused-ring (bicyclic) bond motifs is 3. The van der Waals surface area contributed by atoms with Crippen LogP contribution in [-0.2, 0) is 11.3 Å². The molecular formula is C40H43NO4S. The zero-order valence-electron chi connectivity index (χ0n) is 27.1. The second-order valence-corrected chi connectivity index (χ2v) is 17.2. The predicted molar refractivity (Wildman–Crippen MR) is 181 cm³/mol. The van der Waals surface area contributed by atoms with Gasteiger partial charge in [-0.1, -0.05) is 74.5 Å². The molecule has 1 saturated heterocycles. The van der Waals surface area contributed by atoms with Gasteiger partial charge in [-0.25, -0.2) is 4.79 Å². The number of ether oxygens (including phenoxy) is 1. The summed E-state index contributed by atoms with van der Waals surface area (Å²) in [5.41, 5.74) is 0.466. The van der Waals surface area contributed by atoms with Crippen molar-refractivity contribution in [3.05, 3.63) is 93.7 Å². The molecule has 46 heavy (non-hydrogen) atoms. The van der Waals surface area contributed by atoms with E-state index in [0.29, 0.717) is 25.4 Å². The Balaban J connectivity index is 1.12. The predicted octanol–water partition coefficient (Wildman–Crippen LogP) is 8.64. The van der Waals surface area contributed by atoms with Gasteiger partial charge in [-0.05, 0) is 97.6 Å². The van der Waals surface area contributed by atoms with E-state index in [4.69, 9.17) is 4.74 Å². The summed E-state index contributed by atoms with van der Waals surface area (Å²) in [6.45, 7) is 7.99. The highest BCUT2D eigenvalue weighted by Crippen LogP contribution is 2.79. The van der Waals surface area contributed by atoms with Crippen molar-refractivity contribution < 1.29 is 19.4 Å². The van der Waals surface area contributed by atoms with Gasteiger partial charge in [0.1, 0.15) is 5.60 Å². The first-order valence-corrected chi connectivity index (χ1v) is 18.0. The zero-order chi connectivity index (χ0) is 31.7. The van der Waals surface area contributed by atoms with Crippen LogP contribution in [0.1, 0.15) is 78.9 Å². The Hall–Kier alpha value is -3.22. The van der Waals surface area contributed by atoms with Gasteiger partial charge in [-0.2, -0.15) is 0 Å². The third-order valence-corrected chi connectivity index (χ3v) is 15.1. The first-order valence-electron chi connectivity index (χ1n) is 17.2. The maximum absolute atomic E-state index is 14.7. The van der Waals surface area contributed by atoms with E-state index >= 15 is 0 Å². The molecule has 1 N–H and O–H groups in total. The summed E-state index contributed by atoms with van der Waals surface area (Å²) >= 11 is 1.59. The van der Waals surface area contributed by atoms with E-state index in [0.717, 1.165) is 59.4 Å². The molecule has 10 rings (SSSR count). The summed E-state index contributed by atoms with van der Waals surface area (Å²) in [4.78, 5) is 32.3. The largest absolute Gasteiger partial charge is 0.440 e. The summed E-state index contributed by atoms with van der Waals surface area (Å²) in [6, 6.07) is 18.7. The molecule has 8 atom stereocenters. The molecule has 1 amide bonds. The molecule has 0 radical (unpaired) electrons. The van der Waals surface area contributed by atoms with E-state index < -0.39 is 11.0 Å². The molecule has 2 bridgehead atoms. The van der Waals surface area contributed by atoms with Gasteiger partial charge in [0.05, 0.1) is 17.5 Å². The van der Waals surface area contributed by atoms with Gasteiger partial charge in [0.15, 0.2) is 5.78 Å². The molecule has 1 aliphatic heterocycles. The van der Waals surface area contributed by atoms with Crippen LogP contribution in [0.25, 0.3) is 10.8 Å². The number of benzene rings is 2. The summed E-state index contributed by atoms with van der Waals surface area (Å²) in [7, 11) is 0. The van der Waals surface area contributed by atoms with Crippen LogP contribution >= 0.6 is 11.3 Å². The van der Waals surface area contributed by atoms with E-state index in [9.17, 15) is 14.7 Å². The fourth-order valence-corrected chi connectivity index (χ4v) is 12.7. The molecule has 3 aromatic rings. The lowest BCUT2D eigenvalue weighted by Gasteiger charge is -2.71. The molecule has 2 heterocycles. The maximum atomic E-state index is 14.7. The first-order chi connectivity index (χ1) is 22.0. The van der Waals surface area contributed by atoms with Crippen LogP contribution < -0.4 is 0 Å². The van der Waals surface area contributed by atoms with Crippen LogP contribution in [0.15, 0.2) is 78.4 Å². The molecule has 7 aliphatic rings. The van der Waals surface area contributed by atoms with Crippen molar-refractivity contribution in [2.75, 3.05) is 6.54 Å². The number of carbonyl (C=O) groups excluding carboxylic acids is 2. The number of amides is 1. The Kier molecular flexibility index (Phi) is 5.94. The molecule has 3 spiro atoms. The van der Waals surface area contributed by atoms with E-state index in [2.05, 4.69) is 87.5 Å². The molecular weight excluding hydrogens is 591 g/mol. The zero-order valence-corrected chi connectivity index (χ0v) is 27.9. The Morgan fingerprint density at radius 2 is 1.72 bits per heavy atom. The smallest absolute Gasteiger partial charge is 0.410 e. The highest BCUT2D eigenvalue weighted by Gasteiger charge is 2.76. The number of hydrogen-bond donors (Lipinski definition) is 1. The lowest BCUT2D eigenvalue weighted by atomic mass is 9.32. The third-order valence-electron chi connectivity index (χ3n) is 14.1. The van der Waals surface area contributed by atoms with E-state index in [-0.39, 0.29) is 40.1 Å². The number of aliphatic hydroxyl groups is 1. The van der Waals surface area contributed by atoms with Gasteiger partial charge in [-0.3, -0.25) is 9.69 Å². The molecule has 6 heteroatoms. The summed E-state index contributed by atoms with van der Waals surface area (Å²) in [5.74, 6) is 0.637. The van der Waals surface area contributed by atoms with Crippen molar-refractivity contribution in [3.63, 3.8) is 0 Å². The summed E-state index contributed by atoms with van der Waals surface area (Å²) in [5, 5.41) is 13.3. The normalized spacial score (nSPS) is 40.5. The van der Waals surface area contributed by atoms with Crippen molar-refractivity contribution in [1.29, 1.82) is 0 Å². The number of Topliss-reactive ketones (excluding diaryl/α,β-unsaturated/α-hetero) is 1. The standard InChI is InChI=1S/C40H43NO4S/c1-25-11-12-31(46-25)34(43)30-22-38-19-20-40(30)32(36(38,2)16-13-28(42)21-38)14-17-37(3)33(40)15-18-39(37)24-41(35(44)45-39)23-27-9-6-8-26-7-4-5-10-29(26)27/h4-12,19-20,22,28,32-33,42H,13-18,21,23-24H2,1-3H3/t28-,32+,33+,36+,37-,38-,39+,40+/m0/s1. The molecule has 3 saturated carbocycles. The van der Waals surface area contributed by atoms with Crippen molar-refractivity contribution in [2.24, 2.45) is 33.5 Å². The number of aliphatic hydroxyl groups excluding tert-OH is 1. The topological polar surface area (TPSA) is 66.8 Å². The van der Waals surface area contributed by atoms with Gasteiger partial charge in [-0.15, -0.1) is 11.3 Å². The average molecular weight is 634 g/mol. The minimum absolute atomic E-state index is 0.0278. The monoisotopic (exact) mass is 633 g/mol. The van der Waals surface area contributed by atoms with Crippen LogP contribution in [0.2, 0.25) is 0 Å². The van der Waals surface area contributed by atoms with E-state index in [1.807, 2.05) is 11.0 Å². The van der Waals surface area contributed by atoms with Gasteiger partial charge < -0.3 is 9.84 Å². The fourth-order valence-electron chi connectivity index (χ4n) is 11.8. The summed E-state index contributed by atoms with van der Waals surface area (Å²) < 4.78 is 6.62. The Morgan fingerprint density at radius 3 is 2.54 bits per heavy atom. The van der Waals surface area contributed by atoms with E-state index in [1.165, 1.54) is 10.8 Å². The van der Waals surface area contributed by atoms with Crippen LogP contribution in [0.5, 0.6) is 0 Å². The average Bonchev–Trinajstić information content (AvgIpc) is 3.71. The number of carbonyl (C=O) groups is 2.